The molecule has 0 unspecified atom stereocenters. The first-order chi connectivity index (χ1) is 11.4. The van der Waals surface area contributed by atoms with Crippen LogP contribution in [0.5, 0.6) is 0 Å². The van der Waals surface area contributed by atoms with E-state index in [-0.39, 0.29) is 11.6 Å². The van der Waals surface area contributed by atoms with Gasteiger partial charge in [-0.25, -0.2) is 0 Å². The average Bonchev–Trinajstić information content (AvgIpc) is 2.54. The number of hydrogen-bond acceptors (Lipinski definition) is 3. The fourth-order valence-corrected chi connectivity index (χ4v) is 2.85. The van der Waals surface area contributed by atoms with Crippen LogP contribution in [0.1, 0.15) is 29.7 Å². The van der Waals surface area contributed by atoms with Gasteiger partial charge >= 0.3 is 6.18 Å². The van der Waals surface area contributed by atoms with Gasteiger partial charge in [0.1, 0.15) is 0 Å². The van der Waals surface area contributed by atoms with Gasteiger partial charge in [0.25, 0.3) is 0 Å². The van der Waals surface area contributed by atoms with Gasteiger partial charge in [-0.05, 0) is 31.0 Å². The van der Waals surface area contributed by atoms with Crippen molar-refractivity contribution in [3.8, 4) is 0 Å². The second-order valence-corrected chi connectivity index (χ2v) is 5.66. The van der Waals surface area contributed by atoms with Gasteiger partial charge in [-0.2, -0.15) is 18.3 Å². The first-order valence-corrected chi connectivity index (χ1v) is 7.51. The molecule has 3 nitrogen and oxygen atoms in total. The number of aromatic nitrogens is 2. The van der Waals surface area contributed by atoms with Gasteiger partial charge in [0.15, 0.2) is 5.82 Å². The van der Waals surface area contributed by atoms with Crippen molar-refractivity contribution in [2.24, 2.45) is 0 Å². The van der Waals surface area contributed by atoms with Crippen LogP contribution in [0.4, 0.5) is 19.0 Å². The molecule has 2 aromatic carbocycles. The Morgan fingerprint density at radius 3 is 2.54 bits per heavy atom. The Kier molecular flexibility index (Phi) is 4.13. The molecule has 0 spiro atoms. The lowest BCUT2D eigenvalue weighted by atomic mass is 9.97. The Morgan fingerprint density at radius 2 is 1.79 bits per heavy atom. The number of halogens is 3. The molecule has 0 radical (unpaired) electrons. The average molecular weight is 331 g/mol. The Morgan fingerprint density at radius 1 is 1.04 bits per heavy atom. The monoisotopic (exact) mass is 331 g/mol. The van der Waals surface area contributed by atoms with Crippen LogP contribution in [0.25, 0.3) is 10.8 Å². The fraction of sp³-hybridized carbons (Fsp3) is 0.222. The van der Waals surface area contributed by atoms with E-state index in [0.717, 1.165) is 16.8 Å². The summed E-state index contributed by atoms with van der Waals surface area (Å²) in [6.07, 6.45) is -2.71. The van der Waals surface area contributed by atoms with E-state index in [1.54, 1.807) is 12.3 Å². The van der Waals surface area contributed by atoms with Crippen molar-refractivity contribution in [3.63, 3.8) is 0 Å². The Balaban J connectivity index is 1.97. The molecule has 0 fully saturated rings. The summed E-state index contributed by atoms with van der Waals surface area (Å²) in [5.74, 6) is 0.553. The molecule has 0 aliphatic heterocycles. The van der Waals surface area contributed by atoms with Gasteiger partial charge in [0.2, 0.25) is 0 Å². The number of nitrogens with one attached hydrogen (secondary N) is 1. The molecule has 0 saturated heterocycles. The molecule has 1 atom stereocenters. The number of benzene rings is 2. The van der Waals surface area contributed by atoms with Crippen LogP contribution in [-0.4, -0.2) is 10.2 Å². The van der Waals surface area contributed by atoms with Crippen molar-refractivity contribution >= 4 is 16.6 Å². The molecule has 3 rings (SSSR count). The van der Waals surface area contributed by atoms with Crippen LogP contribution < -0.4 is 5.32 Å². The van der Waals surface area contributed by atoms with E-state index in [9.17, 15) is 13.2 Å². The predicted octanol–water partition coefficient (Wildman–Crippen LogP) is 5.13. The highest BCUT2D eigenvalue weighted by molar-refractivity contribution is 5.90. The smallest absolute Gasteiger partial charge is 0.362 e. The molecular weight excluding hydrogens is 315 g/mol. The molecule has 0 saturated carbocycles. The number of hydrogen-bond donors (Lipinski definition) is 1. The summed E-state index contributed by atoms with van der Waals surface area (Å²) in [7, 11) is 0. The zero-order valence-corrected chi connectivity index (χ0v) is 13.2. The maximum Gasteiger partial charge on any atom is 0.416 e. The van der Waals surface area contributed by atoms with Gasteiger partial charge in [0.05, 0.1) is 17.8 Å². The minimum atomic E-state index is -4.36. The highest BCUT2D eigenvalue weighted by Crippen LogP contribution is 2.35. The quantitative estimate of drug-likeness (QED) is 0.723. The van der Waals surface area contributed by atoms with Crippen molar-refractivity contribution in [1.82, 2.24) is 10.2 Å². The number of rotatable bonds is 3. The lowest BCUT2D eigenvalue weighted by Crippen LogP contribution is -2.14. The first-order valence-electron chi connectivity index (χ1n) is 7.51. The predicted molar refractivity (Wildman–Crippen MR) is 87.8 cm³/mol. The standard InChI is InChI=1S/C18H16F3N3/c1-11-14(8-5-9-16(11)18(19,20)21)12(2)23-17-15-7-4-3-6-13(15)10-22-24-17/h3-10,12H,1-2H3,(H,23,24)/t12-/m1/s1. The second kappa shape index (κ2) is 6.11. The van der Waals surface area contributed by atoms with Crippen LogP contribution in [-0.2, 0) is 6.18 Å². The van der Waals surface area contributed by atoms with Crippen molar-refractivity contribution in [2.45, 2.75) is 26.1 Å². The number of fused-ring (bicyclic) bond motifs is 1. The molecule has 1 N–H and O–H groups in total. The summed E-state index contributed by atoms with van der Waals surface area (Å²) in [6, 6.07) is 11.5. The first kappa shape index (κ1) is 16.2. The molecule has 6 heteroatoms. The van der Waals surface area contributed by atoms with Crippen LogP contribution in [0.3, 0.4) is 0 Å². The molecule has 1 aromatic heterocycles. The summed E-state index contributed by atoms with van der Waals surface area (Å²) in [4.78, 5) is 0. The third-order valence-corrected chi connectivity index (χ3v) is 4.07. The van der Waals surface area contributed by atoms with E-state index in [4.69, 9.17) is 0 Å². The maximum absolute atomic E-state index is 13.1. The molecule has 0 bridgehead atoms. The van der Waals surface area contributed by atoms with Crippen molar-refractivity contribution in [3.05, 3.63) is 65.4 Å². The van der Waals surface area contributed by atoms with Crippen LogP contribution >= 0.6 is 0 Å². The zero-order chi connectivity index (χ0) is 17.3. The molecular formula is C18H16F3N3. The third kappa shape index (κ3) is 3.04. The minimum absolute atomic E-state index is 0.221. The lowest BCUT2D eigenvalue weighted by molar-refractivity contribution is -0.138. The number of anilines is 1. The van der Waals surface area contributed by atoms with Crippen molar-refractivity contribution < 1.29 is 13.2 Å². The van der Waals surface area contributed by atoms with Crippen LogP contribution in [0.2, 0.25) is 0 Å². The largest absolute Gasteiger partial charge is 0.416 e. The summed E-state index contributed by atoms with van der Waals surface area (Å²) in [6.45, 7) is 3.30. The van der Waals surface area contributed by atoms with Crippen molar-refractivity contribution in [2.75, 3.05) is 5.32 Å². The molecule has 3 aromatic rings. The van der Waals surface area contributed by atoms with Gasteiger partial charge in [-0.1, -0.05) is 36.4 Å². The normalized spacial score (nSPS) is 13.0. The van der Waals surface area contributed by atoms with Gasteiger partial charge in [-0.15, -0.1) is 5.10 Å². The Bertz CT molecular complexity index is 870. The molecule has 24 heavy (non-hydrogen) atoms. The van der Waals surface area contributed by atoms with Gasteiger partial charge in [0, 0.05) is 10.8 Å². The molecule has 1 heterocycles. The Labute approximate surface area is 137 Å². The third-order valence-electron chi connectivity index (χ3n) is 4.07. The molecule has 0 amide bonds. The van der Waals surface area contributed by atoms with E-state index in [0.29, 0.717) is 11.4 Å². The van der Waals surface area contributed by atoms with E-state index >= 15 is 0 Å². The summed E-state index contributed by atoms with van der Waals surface area (Å²) >= 11 is 0. The van der Waals surface area contributed by atoms with Crippen LogP contribution in [0, 0.1) is 6.92 Å². The second-order valence-electron chi connectivity index (χ2n) is 5.66. The summed E-state index contributed by atoms with van der Waals surface area (Å²) in [5, 5.41) is 13.0. The van der Waals surface area contributed by atoms with E-state index < -0.39 is 11.7 Å². The highest BCUT2D eigenvalue weighted by Gasteiger charge is 2.33. The number of nitrogens with zero attached hydrogens (tertiary/aromatic N) is 2. The minimum Gasteiger partial charge on any atom is -0.362 e. The maximum atomic E-state index is 13.1. The zero-order valence-electron chi connectivity index (χ0n) is 13.2. The highest BCUT2D eigenvalue weighted by atomic mass is 19.4. The topological polar surface area (TPSA) is 37.8 Å². The van der Waals surface area contributed by atoms with Crippen molar-refractivity contribution in [1.29, 1.82) is 0 Å². The van der Waals surface area contributed by atoms with Crippen LogP contribution in [0.15, 0.2) is 48.7 Å². The fourth-order valence-electron chi connectivity index (χ4n) is 2.85. The number of alkyl halides is 3. The molecule has 0 aliphatic carbocycles. The Hall–Kier alpha value is -2.63. The molecule has 0 aliphatic rings. The lowest BCUT2D eigenvalue weighted by Gasteiger charge is -2.20. The van der Waals surface area contributed by atoms with Gasteiger partial charge in [-0.3, -0.25) is 0 Å². The SMILES string of the molecule is Cc1c([C@@H](C)Nc2nncc3ccccc23)cccc1C(F)(F)F. The summed E-state index contributed by atoms with van der Waals surface area (Å²) < 4.78 is 39.3. The molecule has 124 valence electrons. The van der Waals surface area contributed by atoms with E-state index in [1.165, 1.54) is 13.0 Å². The van der Waals surface area contributed by atoms with Gasteiger partial charge < -0.3 is 5.32 Å². The van der Waals surface area contributed by atoms with E-state index in [2.05, 4.69) is 15.5 Å². The van der Waals surface area contributed by atoms with E-state index in [1.807, 2.05) is 31.2 Å². The summed E-state index contributed by atoms with van der Waals surface area (Å²) in [5.41, 5.74) is 0.190.